The molecule has 1 atom stereocenters. The van der Waals surface area contributed by atoms with Crippen LogP contribution in [0.15, 0.2) is 5.16 Å². The van der Waals surface area contributed by atoms with Crippen LogP contribution >= 0.6 is 0 Å². The van der Waals surface area contributed by atoms with Crippen LogP contribution in [0, 0.1) is 0 Å². The van der Waals surface area contributed by atoms with Crippen molar-refractivity contribution in [3.63, 3.8) is 0 Å². The maximum Gasteiger partial charge on any atom is 0.180 e. The quantitative estimate of drug-likeness (QED) is 0.215. The first kappa shape index (κ1) is 24.2. The fraction of sp³-hybridized carbons (Fsp3) is 0.917. The van der Waals surface area contributed by atoms with Crippen molar-refractivity contribution in [2.24, 2.45) is 5.16 Å². The summed E-state index contributed by atoms with van der Waals surface area (Å²) in [6.07, 6.45) is 23.4. The Hall–Kier alpha value is -0.860. The van der Waals surface area contributed by atoms with Crippen molar-refractivity contribution in [2.75, 3.05) is 0 Å². The molecule has 1 rings (SSSR count). The number of carbonyl (C=O) groups excluding carboxylic acids is 1. The summed E-state index contributed by atoms with van der Waals surface area (Å²) >= 11 is 0. The molecule has 0 saturated heterocycles. The third-order valence-corrected chi connectivity index (χ3v) is 5.69. The lowest BCUT2D eigenvalue weighted by atomic mass is 10.00. The molecule has 0 fully saturated rings. The van der Waals surface area contributed by atoms with Crippen molar-refractivity contribution in [3.8, 4) is 0 Å². The van der Waals surface area contributed by atoms with E-state index in [1.54, 1.807) is 0 Å². The minimum absolute atomic E-state index is 0.155. The van der Waals surface area contributed by atoms with E-state index in [-0.39, 0.29) is 11.9 Å². The van der Waals surface area contributed by atoms with Gasteiger partial charge in [-0.3, -0.25) is 4.79 Å². The van der Waals surface area contributed by atoms with Crippen LogP contribution in [0.25, 0.3) is 0 Å². The number of unbranched alkanes of at least 4 members (excludes halogenated alkanes) is 14. The second kappa shape index (κ2) is 17.3. The van der Waals surface area contributed by atoms with Crippen LogP contribution in [-0.4, -0.2) is 17.6 Å². The van der Waals surface area contributed by atoms with Gasteiger partial charge < -0.3 is 4.84 Å². The molecule has 0 saturated carbocycles. The van der Waals surface area contributed by atoms with Crippen molar-refractivity contribution in [2.45, 2.75) is 142 Å². The summed E-state index contributed by atoms with van der Waals surface area (Å²) in [4.78, 5) is 17.8. The maximum absolute atomic E-state index is 12.3. The van der Waals surface area contributed by atoms with Gasteiger partial charge in [0.2, 0.25) is 0 Å². The molecule has 27 heavy (non-hydrogen) atoms. The highest BCUT2D eigenvalue weighted by Crippen LogP contribution is 2.20. The Morgan fingerprint density at radius 2 is 1.26 bits per heavy atom. The monoisotopic (exact) mass is 379 g/mol. The van der Waals surface area contributed by atoms with Gasteiger partial charge >= 0.3 is 0 Å². The van der Waals surface area contributed by atoms with Crippen molar-refractivity contribution in [1.29, 1.82) is 0 Å². The molecule has 1 aliphatic heterocycles. The molecule has 0 aromatic heterocycles. The Balaban J connectivity index is 1.94. The largest absolute Gasteiger partial charge is 0.392 e. The average Bonchev–Trinajstić information content (AvgIpc) is 3.15. The van der Waals surface area contributed by atoms with E-state index in [2.05, 4.69) is 19.0 Å². The first-order valence-corrected chi connectivity index (χ1v) is 12.0. The molecule has 0 aromatic rings. The van der Waals surface area contributed by atoms with E-state index in [0.717, 1.165) is 19.3 Å². The zero-order valence-corrected chi connectivity index (χ0v) is 18.3. The van der Waals surface area contributed by atoms with Crippen LogP contribution in [0.1, 0.15) is 136 Å². The molecule has 3 nitrogen and oxygen atoms in total. The van der Waals surface area contributed by atoms with Gasteiger partial charge in [0.15, 0.2) is 5.78 Å². The van der Waals surface area contributed by atoms with Gasteiger partial charge in [0.1, 0.15) is 11.8 Å². The van der Waals surface area contributed by atoms with Gasteiger partial charge in [-0.2, -0.15) is 0 Å². The third kappa shape index (κ3) is 13.0. The number of Topliss-reactive ketones (excluding diaryl/α,β-unsaturated/α-hetero) is 1. The smallest absolute Gasteiger partial charge is 0.180 e. The standard InChI is InChI=1S/C24H45NO2/c1-3-5-7-9-11-13-15-17-19-22-21-23(25-27-22)24(26)20-18-16-14-12-10-8-6-4-2/h22H,3-21H2,1-2H3. The molecule has 3 heteroatoms. The molecule has 0 amide bonds. The van der Waals surface area contributed by atoms with Gasteiger partial charge in [-0.05, 0) is 19.3 Å². The van der Waals surface area contributed by atoms with Gasteiger partial charge in [-0.1, -0.05) is 109 Å². The number of ketones is 1. The van der Waals surface area contributed by atoms with Crippen molar-refractivity contribution < 1.29 is 9.63 Å². The lowest BCUT2D eigenvalue weighted by molar-refractivity contribution is -0.113. The number of nitrogens with zero attached hydrogens (tertiary/aromatic N) is 1. The Morgan fingerprint density at radius 3 is 1.81 bits per heavy atom. The third-order valence-electron chi connectivity index (χ3n) is 5.69. The first-order chi connectivity index (χ1) is 13.3. The summed E-state index contributed by atoms with van der Waals surface area (Å²) in [6, 6.07) is 0. The van der Waals surface area contributed by atoms with Crippen LogP contribution in [0.4, 0.5) is 0 Å². The zero-order valence-electron chi connectivity index (χ0n) is 18.3. The molecule has 1 heterocycles. The van der Waals surface area contributed by atoms with E-state index in [9.17, 15) is 4.79 Å². The molecule has 0 bridgehead atoms. The Bertz CT molecular complexity index is 392. The SMILES string of the molecule is CCCCCCCCCCC(=O)C1=NOC(CCCCCCCCCC)C1. The van der Waals surface area contributed by atoms with E-state index in [1.807, 2.05) is 0 Å². The van der Waals surface area contributed by atoms with Crippen LogP contribution in [-0.2, 0) is 9.63 Å². The minimum atomic E-state index is 0.155. The Morgan fingerprint density at radius 1 is 0.778 bits per heavy atom. The molecule has 0 radical (unpaired) electrons. The molecule has 1 unspecified atom stereocenters. The topological polar surface area (TPSA) is 38.7 Å². The number of hydrogen-bond donors (Lipinski definition) is 0. The molecule has 0 spiro atoms. The fourth-order valence-corrected chi connectivity index (χ4v) is 3.82. The van der Waals surface area contributed by atoms with E-state index < -0.39 is 0 Å². The van der Waals surface area contributed by atoms with Gasteiger partial charge in [0, 0.05) is 12.8 Å². The van der Waals surface area contributed by atoms with Crippen molar-refractivity contribution >= 4 is 11.5 Å². The first-order valence-electron chi connectivity index (χ1n) is 12.0. The van der Waals surface area contributed by atoms with E-state index in [4.69, 9.17) is 4.84 Å². The molecule has 0 aromatic carbocycles. The molecule has 0 N–H and O–H groups in total. The van der Waals surface area contributed by atoms with Crippen LogP contribution in [0.2, 0.25) is 0 Å². The lowest BCUT2D eigenvalue weighted by Gasteiger charge is -2.07. The Kier molecular flexibility index (Phi) is 15.4. The lowest BCUT2D eigenvalue weighted by Crippen LogP contribution is -2.15. The predicted molar refractivity (Wildman–Crippen MR) is 116 cm³/mol. The highest BCUT2D eigenvalue weighted by molar-refractivity contribution is 6.40. The van der Waals surface area contributed by atoms with E-state index in [0.29, 0.717) is 12.1 Å². The fourth-order valence-electron chi connectivity index (χ4n) is 3.82. The summed E-state index contributed by atoms with van der Waals surface area (Å²) in [7, 11) is 0. The van der Waals surface area contributed by atoms with Crippen LogP contribution in [0.3, 0.4) is 0 Å². The molecule has 158 valence electrons. The number of oxime groups is 1. The number of carbonyl (C=O) groups is 1. The maximum atomic E-state index is 12.3. The summed E-state index contributed by atoms with van der Waals surface area (Å²) in [6.45, 7) is 4.51. The van der Waals surface area contributed by atoms with E-state index >= 15 is 0 Å². The number of hydrogen-bond acceptors (Lipinski definition) is 3. The summed E-state index contributed by atoms with van der Waals surface area (Å²) in [5, 5.41) is 4.08. The minimum Gasteiger partial charge on any atom is -0.392 e. The predicted octanol–water partition coefficient (Wildman–Crippen LogP) is 7.76. The summed E-state index contributed by atoms with van der Waals surface area (Å²) in [5.74, 6) is 0.222. The van der Waals surface area contributed by atoms with Gasteiger partial charge in [-0.25, -0.2) is 0 Å². The zero-order chi connectivity index (χ0) is 19.6. The van der Waals surface area contributed by atoms with Crippen molar-refractivity contribution in [3.05, 3.63) is 0 Å². The van der Waals surface area contributed by atoms with Gasteiger partial charge in [-0.15, -0.1) is 0 Å². The van der Waals surface area contributed by atoms with Crippen LogP contribution in [0.5, 0.6) is 0 Å². The van der Waals surface area contributed by atoms with E-state index in [1.165, 1.54) is 96.3 Å². The normalized spacial score (nSPS) is 16.4. The second-order valence-electron chi connectivity index (χ2n) is 8.38. The van der Waals surface area contributed by atoms with Crippen LogP contribution < -0.4 is 0 Å². The summed E-state index contributed by atoms with van der Waals surface area (Å²) in [5.41, 5.74) is 0.697. The Labute approximate surface area is 168 Å². The molecule has 0 aliphatic carbocycles. The van der Waals surface area contributed by atoms with Crippen molar-refractivity contribution in [1.82, 2.24) is 0 Å². The second-order valence-corrected chi connectivity index (χ2v) is 8.38. The molecule has 1 aliphatic rings. The summed E-state index contributed by atoms with van der Waals surface area (Å²) < 4.78 is 0. The van der Waals surface area contributed by atoms with Gasteiger partial charge in [0.05, 0.1) is 0 Å². The number of rotatable bonds is 19. The highest BCUT2D eigenvalue weighted by atomic mass is 16.6. The average molecular weight is 380 g/mol. The molecular formula is C24H45NO2. The molecular weight excluding hydrogens is 334 g/mol. The van der Waals surface area contributed by atoms with Gasteiger partial charge in [0.25, 0.3) is 0 Å². The highest BCUT2D eigenvalue weighted by Gasteiger charge is 2.24.